The lowest BCUT2D eigenvalue weighted by molar-refractivity contribution is 0.0938. The Hall–Kier alpha value is -3.29. The Labute approximate surface area is 154 Å². The molecule has 0 spiro atoms. The van der Waals surface area contributed by atoms with Gasteiger partial charge in [-0.25, -0.2) is 13.8 Å². The molecule has 0 fully saturated rings. The molecule has 2 N–H and O–H groups in total. The lowest BCUT2D eigenvalue weighted by Gasteiger charge is -2.06. The topological polar surface area (TPSA) is 75.5 Å². The number of fused-ring (bicyclic) bond motifs is 1. The highest BCUT2D eigenvalue weighted by molar-refractivity contribution is 6.09. The molecule has 0 aliphatic carbocycles. The summed E-state index contributed by atoms with van der Waals surface area (Å²) in [7, 11) is 0. The molecule has 2 heterocycles. The molecule has 0 bridgehead atoms. The molecule has 27 heavy (non-hydrogen) atoms. The third-order valence-electron chi connectivity index (χ3n) is 3.84. The number of aromatic nitrogens is 2. The van der Waals surface area contributed by atoms with Gasteiger partial charge in [-0.15, -0.1) is 0 Å². The van der Waals surface area contributed by atoms with Gasteiger partial charge in [0.1, 0.15) is 17.3 Å². The predicted molar refractivity (Wildman–Crippen MR) is 96.7 cm³/mol. The highest BCUT2D eigenvalue weighted by Gasteiger charge is 2.23. The monoisotopic (exact) mass is 372 g/mol. The SMILES string of the molecule is CC(C)CNC(=O)c1nc(C(=O)Nc2c(F)cccc2F)c2ccccn12. The van der Waals surface area contributed by atoms with Crippen molar-refractivity contribution in [3.8, 4) is 0 Å². The second kappa shape index (κ2) is 7.53. The van der Waals surface area contributed by atoms with Gasteiger partial charge >= 0.3 is 0 Å². The molecule has 1 aromatic carbocycles. The first-order valence-corrected chi connectivity index (χ1v) is 8.39. The molecule has 140 valence electrons. The maximum atomic E-state index is 13.8. The lowest BCUT2D eigenvalue weighted by atomic mass is 10.2. The number of carbonyl (C=O) groups is 2. The highest BCUT2D eigenvalue weighted by atomic mass is 19.1. The van der Waals surface area contributed by atoms with Crippen LogP contribution in [0.4, 0.5) is 14.5 Å². The second-order valence-electron chi connectivity index (χ2n) is 6.39. The van der Waals surface area contributed by atoms with E-state index in [1.54, 1.807) is 24.4 Å². The van der Waals surface area contributed by atoms with Crippen molar-refractivity contribution >= 4 is 23.0 Å². The summed E-state index contributed by atoms with van der Waals surface area (Å²) in [5.41, 5.74) is -0.320. The standard InChI is InChI=1S/C19H18F2N4O2/c1-11(2)10-22-19(27)17-23-16(14-8-3-4-9-25(14)17)18(26)24-15-12(20)6-5-7-13(15)21/h3-9,11H,10H2,1-2H3,(H,22,27)(H,24,26). The molecule has 0 atom stereocenters. The molecule has 8 heteroatoms. The van der Waals surface area contributed by atoms with E-state index in [1.165, 1.54) is 10.5 Å². The number of rotatable bonds is 5. The van der Waals surface area contributed by atoms with Crippen molar-refractivity contribution in [2.75, 3.05) is 11.9 Å². The first kappa shape index (κ1) is 18.5. The van der Waals surface area contributed by atoms with Crippen LogP contribution in [0.1, 0.15) is 35.0 Å². The molecular formula is C19H18F2N4O2. The van der Waals surface area contributed by atoms with Crippen LogP contribution in [0, 0.1) is 17.6 Å². The summed E-state index contributed by atoms with van der Waals surface area (Å²) in [4.78, 5) is 29.1. The Kier molecular flexibility index (Phi) is 5.16. The number of anilines is 1. The Bertz CT molecular complexity index is 994. The fraction of sp³-hybridized carbons (Fsp3) is 0.211. The Balaban J connectivity index is 1.97. The van der Waals surface area contributed by atoms with E-state index < -0.39 is 29.1 Å². The minimum Gasteiger partial charge on any atom is -0.349 e. The lowest BCUT2D eigenvalue weighted by Crippen LogP contribution is -2.29. The highest BCUT2D eigenvalue weighted by Crippen LogP contribution is 2.20. The van der Waals surface area contributed by atoms with Crippen LogP contribution >= 0.6 is 0 Å². The first-order valence-electron chi connectivity index (χ1n) is 8.39. The molecule has 0 saturated heterocycles. The molecule has 3 rings (SSSR count). The van der Waals surface area contributed by atoms with Crippen molar-refractivity contribution in [3.05, 3.63) is 65.7 Å². The summed E-state index contributed by atoms with van der Waals surface area (Å²) in [5.74, 6) is -2.80. The van der Waals surface area contributed by atoms with Crippen LogP contribution in [-0.2, 0) is 0 Å². The summed E-state index contributed by atoms with van der Waals surface area (Å²) in [5, 5.41) is 4.93. The third-order valence-corrected chi connectivity index (χ3v) is 3.84. The van der Waals surface area contributed by atoms with Crippen LogP contribution < -0.4 is 10.6 Å². The smallest absolute Gasteiger partial charge is 0.287 e. The van der Waals surface area contributed by atoms with Crippen LogP contribution in [0.3, 0.4) is 0 Å². The van der Waals surface area contributed by atoms with Crippen molar-refractivity contribution in [3.63, 3.8) is 0 Å². The second-order valence-corrected chi connectivity index (χ2v) is 6.39. The van der Waals surface area contributed by atoms with E-state index in [0.717, 1.165) is 12.1 Å². The van der Waals surface area contributed by atoms with Gasteiger partial charge in [0.25, 0.3) is 11.8 Å². The van der Waals surface area contributed by atoms with Gasteiger partial charge in [0, 0.05) is 12.7 Å². The minimum absolute atomic E-state index is 0.0189. The van der Waals surface area contributed by atoms with Gasteiger partial charge in [-0.05, 0) is 30.2 Å². The number of carbonyl (C=O) groups excluding carboxylic acids is 2. The number of pyridine rings is 1. The number of nitrogens with zero attached hydrogens (tertiary/aromatic N) is 2. The summed E-state index contributed by atoms with van der Waals surface area (Å²) in [6.07, 6.45) is 1.59. The zero-order valence-electron chi connectivity index (χ0n) is 14.8. The third kappa shape index (κ3) is 3.79. The Morgan fingerprint density at radius 3 is 2.44 bits per heavy atom. The number of para-hydroxylation sites is 1. The molecule has 0 unspecified atom stereocenters. The molecule has 2 amide bonds. The fourth-order valence-corrected chi connectivity index (χ4v) is 2.53. The van der Waals surface area contributed by atoms with Crippen molar-refractivity contribution in [1.29, 1.82) is 0 Å². The number of nitrogens with one attached hydrogen (secondary N) is 2. The summed E-state index contributed by atoms with van der Waals surface area (Å²) in [6.45, 7) is 4.35. The summed E-state index contributed by atoms with van der Waals surface area (Å²) >= 11 is 0. The van der Waals surface area contributed by atoms with E-state index in [2.05, 4.69) is 15.6 Å². The average Bonchev–Trinajstić information content (AvgIpc) is 3.02. The van der Waals surface area contributed by atoms with Crippen LogP contribution in [0.2, 0.25) is 0 Å². The first-order chi connectivity index (χ1) is 12.9. The maximum absolute atomic E-state index is 13.8. The van der Waals surface area contributed by atoms with E-state index in [9.17, 15) is 18.4 Å². The molecular weight excluding hydrogens is 354 g/mol. The maximum Gasteiger partial charge on any atom is 0.287 e. The summed E-state index contributed by atoms with van der Waals surface area (Å²) in [6, 6.07) is 8.23. The largest absolute Gasteiger partial charge is 0.349 e. The molecule has 0 radical (unpaired) electrons. The van der Waals surface area contributed by atoms with Gasteiger partial charge in [0.15, 0.2) is 5.69 Å². The zero-order chi connectivity index (χ0) is 19.6. The quantitative estimate of drug-likeness (QED) is 0.722. The van der Waals surface area contributed by atoms with Crippen molar-refractivity contribution in [2.24, 2.45) is 5.92 Å². The van der Waals surface area contributed by atoms with Crippen LogP contribution in [0.5, 0.6) is 0 Å². The fourth-order valence-electron chi connectivity index (χ4n) is 2.53. The van der Waals surface area contributed by atoms with Crippen LogP contribution in [-0.4, -0.2) is 27.7 Å². The molecule has 0 aliphatic heterocycles. The number of halogens is 2. The number of hydrogen-bond acceptors (Lipinski definition) is 3. The predicted octanol–water partition coefficient (Wildman–Crippen LogP) is 3.25. The number of imidazole rings is 1. The van der Waals surface area contributed by atoms with Crippen molar-refractivity contribution in [1.82, 2.24) is 14.7 Å². The molecule has 6 nitrogen and oxygen atoms in total. The molecule has 3 aromatic rings. The minimum atomic E-state index is -0.901. The normalized spacial score (nSPS) is 11.0. The zero-order valence-corrected chi connectivity index (χ0v) is 14.8. The van der Waals surface area contributed by atoms with Gasteiger partial charge in [-0.2, -0.15) is 0 Å². The number of amides is 2. The van der Waals surface area contributed by atoms with E-state index >= 15 is 0 Å². The average molecular weight is 372 g/mol. The Morgan fingerprint density at radius 1 is 1.07 bits per heavy atom. The van der Waals surface area contributed by atoms with E-state index in [4.69, 9.17) is 0 Å². The summed E-state index contributed by atoms with van der Waals surface area (Å²) < 4.78 is 29.1. The van der Waals surface area contributed by atoms with Crippen LogP contribution in [0.25, 0.3) is 5.52 Å². The number of benzene rings is 1. The number of hydrogen-bond donors (Lipinski definition) is 2. The van der Waals surface area contributed by atoms with Gasteiger partial charge in [-0.3, -0.25) is 14.0 Å². The van der Waals surface area contributed by atoms with Gasteiger partial charge < -0.3 is 10.6 Å². The van der Waals surface area contributed by atoms with E-state index in [-0.39, 0.29) is 17.4 Å². The van der Waals surface area contributed by atoms with Crippen LogP contribution in [0.15, 0.2) is 42.6 Å². The molecule has 2 aromatic heterocycles. The van der Waals surface area contributed by atoms with E-state index in [0.29, 0.717) is 12.1 Å². The van der Waals surface area contributed by atoms with Crippen molar-refractivity contribution < 1.29 is 18.4 Å². The van der Waals surface area contributed by atoms with Gasteiger partial charge in [-0.1, -0.05) is 26.0 Å². The van der Waals surface area contributed by atoms with Gasteiger partial charge in [0.05, 0.1) is 5.52 Å². The van der Waals surface area contributed by atoms with E-state index in [1.807, 2.05) is 13.8 Å². The molecule has 0 aliphatic rings. The van der Waals surface area contributed by atoms with Gasteiger partial charge in [0.2, 0.25) is 5.82 Å². The Morgan fingerprint density at radius 2 is 1.78 bits per heavy atom. The molecule has 0 saturated carbocycles. The van der Waals surface area contributed by atoms with Crippen molar-refractivity contribution in [2.45, 2.75) is 13.8 Å².